The second-order valence-corrected chi connectivity index (χ2v) is 15.6. The zero-order chi connectivity index (χ0) is 40.5. The molecule has 0 amide bonds. The summed E-state index contributed by atoms with van der Waals surface area (Å²) in [4.78, 5) is 34.4. The van der Waals surface area contributed by atoms with Crippen LogP contribution in [-0.4, -0.2) is 34.9 Å². The Morgan fingerprint density at radius 2 is 0.738 bits per heavy atom. The van der Waals surface area contributed by atoms with Crippen LogP contribution in [0.15, 0.2) is 200 Å². The topological polar surface area (TPSA) is 90.2 Å². The molecule has 7 aromatic carbocycles. The number of hydrogen-bond acceptors (Lipinski definition) is 8. The summed E-state index contributed by atoms with van der Waals surface area (Å²) in [6.45, 7) is 0. The molecule has 0 saturated heterocycles. The molecule has 0 atom stereocenters. The number of benzene rings is 7. The molecule has 0 spiro atoms. The molecule has 0 unspecified atom stereocenters. The Kier molecular flexibility index (Phi) is 9.22. The van der Waals surface area contributed by atoms with Crippen LogP contribution in [0.1, 0.15) is 0 Å². The maximum atomic E-state index is 5.04. The highest BCUT2D eigenvalue weighted by molar-refractivity contribution is 7.26. The minimum absolute atomic E-state index is 0.602. The first-order valence-electron chi connectivity index (χ1n) is 20.0. The van der Waals surface area contributed by atoms with E-state index in [1.807, 2.05) is 121 Å². The summed E-state index contributed by atoms with van der Waals surface area (Å²) >= 11 is 1.80. The van der Waals surface area contributed by atoms with Gasteiger partial charge in [0.05, 0.1) is 5.69 Å². The summed E-state index contributed by atoms with van der Waals surface area (Å²) in [6, 6.07) is 65.9. The Balaban J connectivity index is 0.964. The lowest BCUT2D eigenvalue weighted by molar-refractivity contribution is 1.07. The highest BCUT2D eigenvalue weighted by Gasteiger charge is 2.17. The fourth-order valence-corrected chi connectivity index (χ4v) is 8.82. The molecule has 0 saturated carbocycles. The number of fused-ring (bicyclic) bond motifs is 3. The number of hydrogen-bond donors (Lipinski definition) is 0. The third-order valence-corrected chi connectivity index (χ3v) is 11.9. The lowest BCUT2D eigenvalue weighted by Crippen LogP contribution is -2.00. The van der Waals surface area contributed by atoms with Gasteiger partial charge in [0.25, 0.3) is 0 Å². The van der Waals surface area contributed by atoms with Crippen LogP contribution in [0.5, 0.6) is 0 Å². The van der Waals surface area contributed by atoms with Gasteiger partial charge in [-0.25, -0.2) is 29.9 Å². The average molecular weight is 800 g/mol. The van der Waals surface area contributed by atoms with Crippen molar-refractivity contribution in [1.29, 1.82) is 0 Å². The molecule has 0 bridgehead atoms. The molecule has 0 fully saturated rings. The minimum atomic E-state index is 0.602. The van der Waals surface area contributed by atoms with Crippen molar-refractivity contribution < 1.29 is 0 Å². The van der Waals surface area contributed by atoms with Crippen molar-refractivity contribution in [3.8, 4) is 90.7 Å². The number of pyridine rings is 1. The van der Waals surface area contributed by atoms with E-state index in [0.717, 1.165) is 61.2 Å². The largest absolute Gasteiger partial charge is 0.256 e. The van der Waals surface area contributed by atoms with Crippen molar-refractivity contribution in [1.82, 2.24) is 34.9 Å². The van der Waals surface area contributed by atoms with E-state index in [9.17, 15) is 0 Å². The fraction of sp³-hybridized carbons (Fsp3) is 0. The van der Waals surface area contributed by atoms with Crippen LogP contribution in [0.25, 0.3) is 111 Å². The van der Waals surface area contributed by atoms with Gasteiger partial charge in [-0.2, -0.15) is 0 Å². The van der Waals surface area contributed by atoms with E-state index >= 15 is 0 Å². The predicted molar refractivity (Wildman–Crippen MR) is 247 cm³/mol. The van der Waals surface area contributed by atoms with Crippen LogP contribution in [0.3, 0.4) is 0 Å². The molecular weight excluding hydrogens is 767 g/mol. The van der Waals surface area contributed by atoms with E-state index in [1.165, 1.54) is 14.8 Å². The Bertz CT molecular complexity index is 3280. The second-order valence-electron chi connectivity index (χ2n) is 14.6. The van der Waals surface area contributed by atoms with Crippen molar-refractivity contribution >= 4 is 31.5 Å². The van der Waals surface area contributed by atoms with Gasteiger partial charge in [0.15, 0.2) is 34.9 Å². The molecule has 11 rings (SSSR count). The minimum Gasteiger partial charge on any atom is -0.256 e. The molecule has 61 heavy (non-hydrogen) atoms. The van der Waals surface area contributed by atoms with Gasteiger partial charge in [0.2, 0.25) is 0 Å². The molecule has 8 heteroatoms. The van der Waals surface area contributed by atoms with E-state index in [0.29, 0.717) is 34.9 Å². The van der Waals surface area contributed by atoms with Gasteiger partial charge in [-0.1, -0.05) is 158 Å². The molecule has 11 aromatic rings. The Morgan fingerprint density at radius 3 is 1.30 bits per heavy atom. The summed E-state index contributed by atoms with van der Waals surface area (Å²) in [5.41, 5.74) is 9.71. The molecule has 0 radical (unpaired) electrons. The van der Waals surface area contributed by atoms with E-state index in [4.69, 9.17) is 29.9 Å². The van der Waals surface area contributed by atoms with Crippen molar-refractivity contribution in [2.75, 3.05) is 0 Å². The van der Waals surface area contributed by atoms with Crippen molar-refractivity contribution in [3.05, 3.63) is 200 Å². The quantitative estimate of drug-likeness (QED) is 0.151. The Labute approximate surface area is 355 Å². The summed E-state index contributed by atoms with van der Waals surface area (Å²) in [5.74, 6) is 3.75. The van der Waals surface area contributed by atoms with Crippen molar-refractivity contribution in [3.63, 3.8) is 0 Å². The third-order valence-electron chi connectivity index (χ3n) is 10.7. The molecule has 0 aliphatic heterocycles. The van der Waals surface area contributed by atoms with E-state index < -0.39 is 0 Å². The molecule has 286 valence electrons. The van der Waals surface area contributed by atoms with Gasteiger partial charge in [-0.3, -0.25) is 4.98 Å². The van der Waals surface area contributed by atoms with Crippen LogP contribution in [0, 0.1) is 0 Å². The van der Waals surface area contributed by atoms with Crippen LogP contribution < -0.4 is 0 Å². The Morgan fingerprint density at radius 1 is 0.295 bits per heavy atom. The van der Waals surface area contributed by atoms with Crippen LogP contribution in [-0.2, 0) is 0 Å². The van der Waals surface area contributed by atoms with Gasteiger partial charge in [-0.05, 0) is 47.5 Å². The van der Waals surface area contributed by atoms with Crippen LogP contribution in [0.4, 0.5) is 0 Å². The summed E-state index contributed by atoms with van der Waals surface area (Å²) in [6.07, 6.45) is 1.80. The average Bonchev–Trinajstić information content (AvgIpc) is 3.73. The van der Waals surface area contributed by atoms with Gasteiger partial charge < -0.3 is 0 Å². The summed E-state index contributed by atoms with van der Waals surface area (Å²) in [7, 11) is 0. The first-order valence-corrected chi connectivity index (χ1v) is 20.8. The van der Waals surface area contributed by atoms with E-state index in [-0.39, 0.29) is 0 Å². The van der Waals surface area contributed by atoms with Gasteiger partial charge in [0.1, 0.15) is 0 Å². The number of rotatable bonds is 8. The first-order chi connectivity index (χ1) is 30.2. The van der Waals surface area contributed by atoms with Gasteiger partial charge in [-0.15, -0.1) is 11.3 Å². The highest BCUT2D eigenvalue weighted by atomic mass is 32.1. The molecule has 0 aliphatic carbocycles. The molecule has 4 aromatic heterocycles. The number of aromatic nitrogens is 7. The summed E-state index contributed by atoms with van der Waals surface area (Å²) in [5, 5.41) is 2.35. The van der Waals surface area contributed by atoms with Crippen LogP contribution in [0.2, 0.25) is 0 Å². The van der Waals surface area contributed by atoms with Crippen molar-refractivity contribution in [2.24, 2.45) is 0 Å². The lowest BCUT2D eigenvalue weighted by atomic mass is 10.0. The normalized spacial score (nSPS) is 11.3. The highest BCUT2D eigenvalue weighted by Crippen LogP contribution is 2.42. The standard InChI is InChI=1S/C53H33N7S/c1-4-14-35(15-5-1)48-55-49(36-16-6-2-7-17-36)59-53(58-48)41-29-30-46-44(33-41)43-23-13-22-42(47(43)61-46)34-25-27-38(28-26-34)51-56-50(37-18-8-3-9-19-37)57-52(60-51)40-21-12-20-39(32-40)45-24-10-11-31-54-45/h1-33H. The molecule has 0 N–H and O–H groups in total. The monoisotopic (exact) mass is 799 g/mol. The summed E-state index contributed by atoms with van der Waals surface area (Å²) < 4.78 is 2.41. The maximum absolute atomic E-state index is 5.04. The fourth-order valence-electron chi connectivity index (χ4n) is 7.60. The van der Waals surface area contributed by atoms with E-state index in [1.54, 1.807) is 17.5 Å². The molecular formula is C53H33N7S. The third kappa shape index (κ3) is 7.11. The maximum Gasteiger partial charge on any atom is 0.164 e. The SMILES string of the molecule is c1ccc(-c2nc(-c3ccc(-c4cccc5c4sc4ccc(-c6nc(-c7ccccc7)nc(-c7ccccc7)n6)cc45)cc3)nc(-c3cccc(-c4ccccn4)c3)n2)cc1. The second kappa shape index (κ2) is 15.6. The van der Waals surface area contributed by atoms with Crippen molar-refractivity contribution in [2.45, 2.75) is 0 Å². The van der Waals surface area contributed by atoms with Gasteiger partial charge >= 0.3 is 0 Å². The molecule has 0 aliphatic rings. The van der Waals surface area contributed by atoms with E-state index in [2.05, 4.69) is 77.8 Å². The first kappa shape index (κ1) is 36.0. The van der Waals surface area contributed by atoms with Crippen LogP contribution >= 0.6 is 11.3 Å². The molecule has 7 nitrogen and oxygen atoms in total. The zero-order valence-electron chi connectivity index (χ0n) is 32.6. The number of nitrogens with zero attached hydrogens (tertiary/aromatic N) is 7. The smallest absolute Gasteiger partial charge is 0.164 e. The Hall–Kier alpha value is -8.07. The number of thiophene rings is 1. The predicted octanol–water partition coefficient (Wildman–Crippen LogP) is 13.2. The zero-order valence-corrected chi connectivity index (χ0v) is 33.4. The van der Waals surface area contributed by atoms with Gasteiger partial charge in [0, 0.05) is 65.3 Å². The lowest BCUT2D eigenvalue weighted by Gasteiger charge is -2.10. The molecule has 4 heterocycles.